The highest BCUT2D eigenvalue weighted by molar-refractivity contribution is 6.33. The molecule has 2 heterocycles. The van der Waals surface area contributed by atoms with Gasteiger partial charge in [-0.1, -0.05) is 44.5 Å². The Labute approximate surface area is 315 Å². The first kappa shape index (κ1) is 39.5. The van der Waals surface area contributed by atoms with E-state index in [0.29, 0.717) is 6.42 Å². The number of rotatable bonds is 12. The molecular weight excluding hydrogens is 758 g/mol. The second-order valence-electron chi connectivity index (χ2n) is 14.6. The fourth-order valence-corrected chi connectivity index (χ4v) is 5.94. The maximum atomic E-state index is 16.0. The van der Waals surface area contributed by atoms with Gasteiger partial charge in [0.05, 0.1) is 22.7 Å². The third kappa shape index (κ3) is 8.87. The number of hydrogen-bond donors (Lipinski definition) is 3. The smallest absolute Gasteiger partial charge is 0.411 e. The molecular formula is C35H37ClF6N10O3. The number of alkyl carbamates (subject to hydrolysis) is 1. The van der Waals surface area contributed by atoms with Crippen LogP contribution in [0.15, 0.2) is 49.1 Å². The third-order valence-electron chi connectivity index (χ3n) is 9.21. The van der Waals surface area contributed by atoms with Gasteiger partial charge < -0.3 is 15.4 Å². The van der Waals surface area contributed by atoms with Gasteiger partial charge in [0.2, 0.25) is 0 Å². The van der Waals surface area contributed by atoms with E-state index in [1.54, 1.807) is 4.68 Å². The molecule has 2 aromatic heterocycles. The van der Waals surface area contributed by atoms with Crippen molar-refractivity contribution in [2.75, 3.05) is 13.2 Å². The first-order chi connectivity index (χ1) is 25.9. The third-order valence-corrected chi connectivity index (χ3v) is 9.54. The summed E-state index contributed by atoms with van der Waals surface area (Å²) in [7, 11) is 0. The summed E-state index contributed by atoms with van der Waals surface area (Å²) in [6, 6.07) is 6.13. The SMILES string of the molecule is CC(C)(C)CCNC(=N)N(C(=O)c1ccc(-c2ncn(C3CC3)n2)cc1F)[C@H](COC(=O)NC1(C(F)(F)F)CC1)c1ccc(Cl)c(-c2ncnn2C(F)F)c1. The van der Waals surface area contributed by atoms with Crippen molar-refractivity contribution in [3.63, 3.8) is 0 Å². The molecule has 0 radical (unpaired) electrons. The summed E-state index contributed by atoms with van der Waals surface area (Å²) < 4.78 is 92.0. The molecule has 0 unspecified atom stereocenters. The Kier molecular flexibility index (Phi) is 10.9. The lowest BCUT2D eigenvalue weighted by Gasteiger charge is -2.33. The zero-order valence-electron chi connectivity index (χ0n) is 29.8. The van der Waals surface area contributed by atoms with Crippen molar-refractivity contribution in [1.82, 2.24) is 45.1 Å². The molecule has 6 rings (SSSR count). The summed E-state index contributed by atoms with van der Waals surface area (Å²) in [6.45, 7) is 1.96. The van der Waals surface area contributed by atoms with Crippen LogP contribution >= 0.6 is 11.6 Å². The van der Waals surface area contributed by atoms with Crippen LogP contribution in [0.2, 0.25) is 5.02 Å². The van der Waals surface area contributed by atoms with Crippen LogP contribution in [0.5, 0.6) is 0 Å². The van der Waals surface area contributed by atoms with Crippen LogP contribution in [0.4, 0.5) is 31.1 Å². The average molecular weight is 795 g/mol. The number of nitrogens with one attached hydrogen (secondary N) is 3. The number of nitrogens with zero attached hydrogens (tertiary/aromatic N) is 7. The molecule has 0 aliphatic heterocycles. The largest absolute Gasteiger partial charge is 0.447 e. The van der Waals surface area contributed by atoms with Crippen molar-refractivity contribution < 1.29 is 40.7 Å². The van der Waals surface area contributed by atoms with E-state index >= 15 is 4.39 Å². The van der Waals surface area contributed by atoms with Crippen LogP contribution in [0.1, 0.15) is 87.4 Å². The number of aromatic nitrogens is 6. The Morgan fingerprint density at radius 1 is 1.11 bits per heavy atom. The van der Waals surface area contributed by atoms with Crippen LogP contribution in [-0.2, 0) is 4.74 Å². The van der Waals surface area contributed by atoms with Crippen LogP contribution in [0.25, 0.3) is 22.8 Å². The predicted molar refractivity (Wildman–Crippen MR) is 187 cm³/mol. The number of halogens is 7. The molecule has 13 nitrogen and oxygen atoms in total. The highest BCUT2D eigenvalue weighted by atomic mass is 35.5. The van der Waals surface area contributed by atoms with Gasteiger partial charge in [-0.25, -0.2) is 23.8 Å². The predicted octanol–water partition coefficient (Wildman–Crippen LogP) is 7.69. The summed E-state index contributed by atoms with van der Waals surface area (Å²) in [4.78, 5) is 36.3. The Balaban J connectivity index is 1.40. The van der Waals surface area contributed by atoms with Crippen molar-refractivity contribution in [3.05, 3.63) is 71.0 Å². The molecule has 55 heavy (non-hydrogen) atoms. The number of carbonyl (C=O) groups excluding carboxylic acids is 2. The lowest BCUT2D eigenvalue weighted by atomic mass is 9.92. The summed E-state index contributed by atoms with van der Waals surface area (Å²) >= 11 is 6.41. The fraction of sp³-hybridized carbons (Fsp3) is 0.457. The maximum absolute atomic E-state index is 16.0. The molecule has 2 amide bonds. The van der Waals surface area contributed by atoms with E-state index in [0.717, 1.165) is 30.1 Å². The van der Waals surface area contributed by atoms with Crippen LogP contribution in [0, 0.1) is 16.6 Å². The van der Waals surface area contributed by atoms with Gasteiger partial charge in [0.15, 0.2) is 17.6 Å². The number of alkyl halides is 5. The minimum absolute atomic E-state index is 0.00976. The lowest BCUT2D eigenvalue weighted by Crippen LogP contribution is -2.50. The van der Waals surface area contributed by atoms with Crippen LogP contribution in [0.3, 0.4) is 0 Å². The Hall–Kier alpha value is -5.20. The van der Waals surface area contributed by atoms with Gasteiger partial charge in [-0.2, -0.15) is 36.8 Å². The maximum Gasteiger partial charge on any atom is 0.411 e. The number of guanidine groups is 1. The second-order valence-corrected chi connectivity index (χ2v) is 15.0. The zero-order valence-corrected chi connectivity index (χ0v) is 30.6. The van der Waals surface area contributed by atoms with E-state index in [1.807, 2.05) is 26.1 Å². The Morgan fingerprint density at radius 2 is 1.84 bits per heavy atom. The number of amides is 2. The molecule has 0 spiro atoms. The molecule has 4 aromatic rings. The summed E-state index contributed by atoms with van der Waals surface area (Å²) in [5.74, 6) is -2.87. The molecule has 294 valence electrons. The van der Waals surface area contributed by atoms with Gasteiger partial charge in [0.1, 0.15) is 30.6 Å². The zero-order chi connectivity index (χ0) is 39.9. The van der Waals surface area contributed by atoms with E-state index in [9.17, 15) is 31.5 Å². The molecule has 2 aromatic carbocycles. The fourth-order valence-electron chi connectivity index (χ4n) is 5.74. The summed E-state index contributed by atoms with van der Waals surface area (Å²) in [5.41, 5.74) is -3.07. The van der Waals surface area contributed by atoms with Gasteiger partial charge in [-0.05, 0) is 67.3 Å². The molecule has 3 N–H and O–H groups in total. The second kappa shape index (κ2) is 15.1. The van der Waals surface area contributed by atoms with Gasteiger partial charge in [-0.15, -0.1) is 0 Å². The molecule has 2 aliphatic rings. The molecule has 0 bridgehead atoms. The van der Waals surface area contributed by atoms with Crippen molar-refractivity contribution in [1.29, 1.82) is 5.41 Å². The summed E-state index contributed by atoms with van der Waals surface area (Å²) in [6.07, 6.45) is -2.22. The van der Waals surface area contributed by atoms with E-state index < -0.39 is 60.3 Å². The van der Waals surface area contributed by atoms with Gasteiger partial charge in [0.25, 0.3) is 5.91 Å². The van der Waals surface area contributed by atoms with Crippen LogP contribution in [-0.4, -0.2) is 77.3 Å². The monoisotopic (exact) mass is 794 g/mol. The standard InChI is InChI=1S/C35H37ClF6N10O3/c1-33(2,3)12-13-44-31(43)51(29(53)22-8-4-20(15-25(22)37)27-46-18-50(49-27)21-6-7-21)26(16-55-32(54)48-34(10-11-34)35(40,41)42)19-5-9-24(36)23(14-19)28-45-17-47-52(28)30(38)39/h4-5,8-9,14-15,17-18,21,26,30H,6-7,10-13,16H2,1-3H3,(H2,43,44)(H,48,54)/t26-/m1/s1. The normalized spacial score (nSPS) is 15.8. The van der Waals surface area contributed by atoms with Crippen molar-refractivity contribution in [2.45, 2.75) is 83.2 Å². The minimum Gasteiger partial charge on any atom is -0.447 e. The first-order valence-electron chi connectivity index (χ1n) is 17.2. The van der Waals surface area contributed by atoms with Crippen LogP contribution < -0.4 is 10.6 Å². The molecule has 1 atom stereocenters. The lowest BCUT2D eigenvalue weighted by molar-refractivity contribution is -0.164. The van der Waals surface area contributed by atoms with E-state index in [4.69, 9.17) is 21.7 Å². The van der Waals surface area contributed by atoms with Gasteiger partial charge in [0, 0.05) is 17.7 Å². The van der Waals surface area contributed by atoms with Gasteiger partial charge >= 0.3 is 18.8 Å². The summed E-state index contributed by atoms with van der Waals surface area (Å²) in [5, 5.41) is 21.6. The average Bonchev–Trinajstić information content (AvgIpc) is 4.00. The molecule has 20 heteroatoms. The van der Waals surface area contributed by atoms with Crippen molar-refractivity contribution in [2.24, 2.45) is 5.41 Å². The number of hydrogen-bond acceptors (Lipinski definition) is 8. The highest BCUT2D eigenvalue weighted by Crippen LogP contribution is 2.49. The van der Waals surface area contributed by atoms with E-state index in [2.05, 4.69) is 25.5 Å². The molecule has 2 aliphatic carbocycles. The molecule has 0 saturated heterocycles. The number of benzene rings is 2. The van der Waals surface area contributed by atoms with Crippen molar-refractivity contribution in [3.8, 4) is 22.8 Å². The van der Waals surface area contributed by atoms with Gasteiger partial charge in [-0.3, -0.25) is 15.1 Å². The number of ether oxygens (including phenoxy) is 1. The highest BCUT2D eigenvalue weighted by Gasteiger charge is 2.64. The Bertz CT molecular complexity index is 2070. The molecule has 2 saturated carbocycles. The molecule has 2 fully saturated rings. The van der Waals surface area contributed by atoms with E-state index in [1.165, 1.54) is 36.7 Å². The minimum atomic E-state index is -4.77. The first-order valence-corrected chi connectivity index (χ1v) is 17.6. The van der Waals surface area contributed by atoms with E-state index in [-0.39, 0.29) is 68.9 Å². The topological polar surface area (TPSA) is 156 Å². The quantitative estimate of drug-likeness (QED) is 0.0749. The van der Waals surface area contributed by atoms with Crippen molar-refractivity contribution >= 4 is 29.6 Å². The number of carbonyl (C=O) groups is 2. The Morgan fingerprint density at radius 3 is 2.45 bits per heavy atom.